The first kappa shape index (κ1) is 13.6. The quantitative estimate of drug-likeness (QED) is 0.735. The molecule has 0 bridgehead atoms. The van der Waals surface area contributed by atoms with Crippen LogP contribution in [-0.4, -0.2) is 37.8 Å². The van der Waals surface area contributed by atoms with Crippen molar-refractivity contribution in [2.75, 3.05) is 20.7 Å². The first-order chi connectivity index (χ1) is 8.19. The van der Waals surface area contributed by atoms with Gasteiger partial charge in [0.15, 0.2) is 6.10 Å². The Labute approximate surface area is 101 Å². The third-order valence-electron chi connectivity index (χ3n) is 2.37. The monoisotopic (exact) mass is 238 g/mol. The Morgan fingerprint density at radius 3 is 2.59 bits per heavy atom. The van der Waals surface area contributed by atoms with Crippen LogP contribution in [0.25, 0.3) is 0 Å². The summed E-state index contributed by atoms with van der Waals surface area (Å²) < 4.78 is 5.47. The minimum Gasteiger partial charge on any atom is -0.362 e. The van der Waals surface area contributed by atoms with Gasteiger partial charge in [0.25, 0.3) is 5.91 Å². The molecule has 1 aromatic carbocycles. The molecule has 0 heterocycles. The molecule has 1 rings (SSSR count). The fraction of sp³-hybridized carbons (Fsp3) is 0.417. The van der Waals surface area contributed by atoms with Crippen LogP contribution in [0.4, 0.5) is 0 Å². The van der Waals surface area contributed by atoms with E-state index in [4.69, 9.17) is 15.3 Å². The minimum atomic E-state index is -0.680. The van der Waals surface area contributed by atoms with Crippen molar-refractivity contribution in [3.05, 3.63) is 35.9 Å². The van der Waals surface area contributed by atoms with Gasteiger partial charge in [-0.25, -0.2) is 5.06 Å². The molecule has 0 spiro atoms. The molecule has 1 atom stereocenters. The number of likely N-dealkylation sites (N-methyl/N-ethyl adjacent to an activating group) is 1. The van der Waals surface area contributed by atoms with E-state index in [0.29, 0.717) is 6.61 Å². The minimum absolute atomic E-state index is 0.124. The summed E-state index contributed by atoms with van der Waals surface area (Å²) in [5.41, 5.74) is 6.50. The number of carbonyl (C=O) groups is 1. The third kappa shape index (κ3) is 4.14. The van der Waals surface area contributed by atoms with E-state index < -0.39 is 6.10 Å². The molecular weight excluding hydrogens is 220 g/mol. The summed E-state index contributed by atoms with van der Waals surface area (Å²) >= 11 is 0. The zero-order valence-electron chi connectivity index (χ0n) is 10.1. The third-order valence-corrected chi connectivity index (χ3v) is 2.37. The number of nitrogens with two attached hydrogens (primary N) is 1. The maximum atomic E-state index is 11.7. The van der Waals surface area contributed by atoms with Gasteiger partial charge in [0.1, 0.15) is 0 Å². The van der Waals surface area contributed by atoms with E-state index in [0.717, 1.165) is 10.6 Å². The SMILES string of the molecule is CON(C)C(=O)C(CN)OCc1ccccc1. The molecule has 2 N–H and O–H groups in total. The van der Waals surface area contributed by atoms with Crippen LogP contribution < -0.4 is 5.73 Å². The number of ether oxygens (including phenoxy) is 1. The van der Waals surface area contributed by atoms with Crippen molar-refractivity contribution in [3.8, 4) is 0 Å². The molecular formula is C12H18N2O3. The average molecular weight is 238 g/mol. The molecule has 5 heteroatoms. The molecule has 1 unspecified atom stereocenters. The highest BCUT2D eigenvalue weighted by molar-refractivity contribution is 5.79. The largest absolute Gasteiger partial charge is 0.362 e. The summed E-state index contributed by atoms with van der Waals surface area (Å²) in [6, 6.07) is 9.61. The maximum absolute atomic E-state index is 11.7. The lowest BCUT2D eigenvalue weighted by Gasteiger charge is -2.20. The highest BCUT2D eigenvalue weighted by Crippen LogP contribution is 2.04. The molecule has 1 amide bonds. The van der Waals surface area contributed by atoms with Gasteiger partial charge in [-0.3, -0.25) is 9.63 Å². The molecule has 0 fully saturated rings. The van der Waals surface area contributed by atoms with Gasteiger partial charge in [-0.15, -0.1) is 0 Å². The number of hydrogen-bond donors (Lipinski definition) is 1. The molecule has 17 heavy (non-hydrogen) atoms. The van der Waals surface area contributed by atoms with Gasteiger partial charge in [-0.05, 0) is 5.56 Å². The fourth-order valence-electron chi connectivity index (χ4n) is 1.30. The predicted octanol–water partition coefficient (Wildman–Crippen LogP) is 0.550. The summed E-state index contributed by atoms with van der Waals surface area (Å²) in [5.74, 6) is -0.286. The van der Waals surface area contributed by atoms with Gasteiger partial charge >= 0.3 is 0 Å². The molecule has 0 aromatic heterocycles. The lowest BCUT2D eigenvalue weighted by Crippen LogP contribution is -2.41. The topological polar surface area (TPSA) is 64.8 Å². The standard InChI is InChI=1S/C12H18N2O3/c1-14(16-2)12(15)11(8-13)17-9-10-6-4-3-5-7-10/h3-7,11H,8-9,13H2,1-2H3. The van der Waals surface area contributed by atoms with Crippen LogP contribution >= 0.6 is 0 Å². The Bertz CT molecular complexity index is 343. The zero-order chi connectivity index (χ0) is 12.7. The molecule has 1 aromatic rings. The Balaban J connectivity index is 2.50. The molecule has 0 aliphatic heterocycles. The molecule has 0 radical (unpaired) electrons. The molecule has 0 saturated heterocycles. The van der Waals surface area contributed by atoms with E-state index in [1.807, 2.05) is 30.3 Å². The van der Waals surface area contributed by atoms with E-state index in [1.54, 1.807) is 0 Å². The smallest absolute Gasteiger partial charge is 0.276 e. The van der Waals surface area contributed by atoms with E-state index >= 15 is 0 Å². The average Bonchev–Trinajstić information content (AvgIpc) is 2.39. The maximum Gasteiger partial charge on any atom is 0.276 e. The first-order valence-corrected chi connectivity index (χ1v) is 5.36. The van der Waals surface area contributed by atoms with Crippen LogP contribution in [0.5, 0.6) is 0 Å². The summed E-state index contributed by atoms with van der Waals surface area (Å²) in [4.78, 5) is 16.5. The normalized spacial score (nSPS) is 12.2. The number of hydrogen-bond acceptors (Lipinski definition) is 4. The van der Waals surface area contributed by atoms with Gasteiger partial charge in [-0.1, -0.05) is 30.3 Å². The van der Waals surface area contributed by atoms with Crippen LogP contribution in [0.2, 0.25) is 0 Å². The number of rotatable bonds is 6. The summed E-state index contributed by atoms with van der Waals surface area (Å²) in [5, 5.41) is 1.11. The Hall–Kier alpha value is -1.43. The highest BCUT2D eigenvalue weighted by Gasteiger charge is 2.21. The number of hydroxylamine groups is 2. The number of amides is 1. The molecule has 94 valence electrons. The van der Waals surface area contributed by atoms with Gasteiger partial charge in [0, 0.05) is 13.6 Å². The van der Waals surface area contributed by atoms with Gasteiger partial charge in [0.2, 0.25) is 0 Å². The van der Waals surface area contributed by atoms with Gasteiger partial charge in [0.05, 0.1) is 13.7 Å². The Morgan fingerprint density at radius 2 is 2.06 bits per heavy atom. The summed E-state index contributed by atoms with van der Waals surface area (Å²) in [6.45, 7) is 0.478. The zero-order valence-corrected chi connectivity index (χ0v) is 10.1. The summed E-state index contributed by atoms with van der Waals surface area (Å²) in [6.07, 6.45) is -0.680. The number of nitrogens with zero attached hydrogens (tertiary/aromatic N) is 1. The van der Waals surface area contributed by atoms with Crippen molar-refractivity contribution in [1.29, 1.82) is 0 Å². The van der Waals surface area contributed by atoms with Crippen molar-refractivity contribution in [2.45, 2.75) is 12.7 Å². The highest BCUT2D eigenvalue weighted by atomic mass is 16.7. The first-order valence-electron chi connectivity index (χ1n) is 5.36. The van der Waals surface area contributed by atoms with Crippen molar-refractivity contribution >= 4 is 5.91 Å². The van der Waals surface area contributed by atoms with E-state index in [9.17, 15) is 4.79 Å². The van der Waals surface area contributed by atoms with Crippen LogP contribution in [0, 0.1) is 0 Å². The van der Waals surface area contributed by atoms with Crippen LogP contribution in [0.3, 0.4) is 0 Å². The molecule has 0 aliphatic rings. The van der Waals surface area contributed by atoms with E-state index in [-0.39, 0.29) is 12.5 Å². The van der Waals surface area contributed by atoms with Crippen molar-refractivity contribution in [3.63, 3.8) is 0 Å². The predicted molar refractivity (Wildman–Crippen MR) is 63.9 cm³/mol. The lowest BCUT2D eigenvalue weighted by atomic mass is 10.2. The molecule has 0 saturated carbocycles. The van der Waals surface area contributed by atoms with E-state index in [1.165, 1.54) is 14.2 Å². The number of carbonyl (C=O) groups excluding carboxylic acids is 1. The lowest BCUT2D eigenvalue weighted by molar-refractivity contribution is -0.181. The summed E-state index contributed by atoms with van der Waals surface area (Å²) in [7, 11) is 2.94. The van der Waals surface area contributed by atoms with Crippen molar-refractivity contribution in [1.82, 2.24) is 5.06 Å². The Kier molecular flexibility index (Phi) is 5.62. The van der Waals surface area contributed by atoms with Crippen LogP contribution in [0.15, 0.2) is 30.3 Å². The fourth-order valence-corrected chi connectivity index (χ4v) is 1.30. The molecule has 5 nitrogen and oxygen atoms in total. The van der Waals surface area contributed by atoms with Gasteiger partial charge < -0.3 is 10.5 Å². The second kappa shape index (κ2) is 7.01. The Morgan fingerprint density at radius 1 is 1.41 bits per heavy atom. The van der Waals surface area contributed by atoms with Gasteiger partial charge in [-0.2, -0.15) is 0 Å². The second-order valence-corrected chi connectivity index (χ2v) is 3.54. The van der Waals surface area contributed by atoms with E-state index in [2.05, 4.69) is 0 Å². The van der Waals surface area contributed by atoms with Crippen LogP contribution in [-0.2, 0) is 21.0 Å². The molecule has 0 aliphatic carbocycles. The number of benzene rings is 1. The van der Waals surface area contributed by atoms with Crippen LogP contribution in [0.1, 0.15) is 5.56 Å². The second-order valence-electron chi connectivity index (χ2n) is 3.54. The van der Waals surface area contributed by atoms with Crippen molar-refractivity contribution in [2.24, 2.45) is 5.73 Å². The van der Waals surface area contributed by atoms with Crippen molar-refractivity contribution < 1.29 is 14.4 Å².